The molecule has 7 heteroatoms. The Kier molecular flexibility index (Phi) is 8.48. The maximum Gasteiger partial charge on any atom is 0.328 e. The Balaban J connectivity index is 1.57. The zero-order valence-electron chi connectivity index (χ0n) is 18.4. The van der Waals surface area contributed by atoms with Crippen LogP contribution in [0.5, 0.6) is 17.2 Å². The summed E-state index contributed by atoms with van der Waals surface area (Å²) < 4.78 is 17.0. The third kappa shape index (κ3) is 7.14. The predicted octanol–water partition coefficient (Wildman–Crippen LogP) is 4.80. The van der Waals surface area contributed by atoms with E-state index in [1.54, 1.807) is 18.2 Å². The van der Waals surface area contributed by atoms with E-state index in [2.05, 4.69) is 5.16 Å². The van der Waals surface area contributed by atoms with Gasteiger partial charge in [0.25, 0.3) is 0 Å². The molecular formula is C26H25NO6. The first kappa shape index (κ1) is 23.4. The highest BCUT2D eigenvalue weighted by atomic mass is 16.6. The van der Waals surface area contributed by atoms with Crippen LogP contribution in [-0.4, -0.2) is 37.6 Å². The number of nitrogens with zero attached hydrogens (tertiary/aromatic N) is 1. The molecule has 0 spiro atoms. The summed E-state index contributed by atoms with van der Waals surface area (Å²) in [6.45, 7) is 0.629. The Morgan fingerprint density at radius 3 is 2.33 bits per heavy atom. The van der Waals surface area contributed by atoms with E-state index in [4.69, 9.17) is 24.2 Å². The average Bonchev–Trinajstić information content (AvgIpc) is 2.85. The first-order chi connectivity index (χ1) is 16.1. The normalized spacial score (nSPS) is 11.3. The highest BCUT2D eigenvalue weighted by molar-refractivity contribution is 6.01. The van der Waals surface area contributed by atoms with Gasteiger partial charge in [-0.25, -0.2) is 4.79 Å². The molecule has 3 aromatic rings. The van der Waals surface area contributed by atoms with Gasteiger partial charge < -0.3 is 24.2 Å². The summed E-state index contributed by atoms with van der Waals surface area (Å²) >= 11 is 0. The summed E-state index contributed by atoms with van der Waals surface area (Å²) in [7, 11) is 3.03. The van der Waals surface area contributed by atoms with Crippen LogP contribution in [0.2, 0.25) is 0 Å². The van der Waals surface area contributed by atoms with Crippen molar-refractivity contribution in [1.82, 2.24) is 0 Å². The topological polar surface area (TPSA) is 86.6 Å². The van der Waals surface area contributed by atoms with Gasteiger partial charge in [-0.3, -0.25) is 0 Å². The largest absolute Gasteiger partial charge is 0.496 e. The summed E-state index contributed by atoms with van der Waals surface area (Å²) in [6, 6.07) is 22.5. The van der Waals surface area contributed by atoms with Crippen molar-refractivity contribution in [2.45, 2.75) is 6.61 Å². The lowest BCUT2D eigenvalue weighted by Gasteiger charge is -2.11. The van der Waals surface area contributed by atoms with Crippen LogP contribution in [0.3, 0.4) is 0 Å². The molecule has 0 atom stereocenters. The van der Waals surface area contributed by atoms with E-state index in [0.717, 1.165) is 17.2 Å². The van der Waals surface area contributed by atoms with Crippen LogP contribution in [0.1, 0.15) is 16.7 Å². The number of oxime groups is 1. The van der Waals surface area contributed by atoms with Crippen LogP contribution < -0.4 is 14.2 Å². The lowest BCUT2D eigenvalue weighted by molar-refractivity contribution is -0.131. The Labute approximate surface area is 192 Å². The molecule has 0 saturated heterocycles. The average molecular weight is 447 g/mol. The Bertz CT molecular complexity index is 1110. The molecule has 0 saturated carbocycles. The standard InChI is InChI=1S/C26H25NO6/c1-30-25-16-23(14-10-21(25)11-15-26(28)29)32-17-19-8-12-22(13-9-19)33-18-24(27-31-2)20-6-4-3-5-7-20/h3-16H,17-18H2,1-2H3,(H,28,29)/b15-11-,27-24?. The van der Waals surface area contributed by atoms with Gasteiger partial charge in [-0.1, -0.05) is 47.6 Å². The fourth-order valence-electron chi connectivity index (χ4n) is 2.98. The van der Waals surface area contributed by atoms with E-state index in [1.807, 2.05) is 54.6 Å². The van der Waals surface area contributed by atoms with Gasteiger partial charge in [0.05, 0.1) is 7.11 Å². The minimum atomic E-state index is -1.02. The molecule has 3 rings (SSSR count). The Morgan fingerprint density at radius 1 is 0.939 bits per heavy atom. The summed E-state index contributed by atoms with van der Waals surface area (Å²) in [4.78, 5) is 15.7. The van der Waals surface area contributed by atoms with Crippen LogP contribution in [0.15, 0.2) is 84.0 Å². The number of rotatable bonds is 11. The van der Waals surface area contributed by atoms with E-state index >= 15 is 0 Å². The molecule has 1 N–H and O–H groups in total. The van der Waals surface area contributed by atoms with E-state index in [0.29, 0.717) is 35.1 Å². The number of carboxylic acid groups (broad SMARTS) is 1. The van der Waals surface area contributed by atoms with Gasteiger partial charge in [0, 0.05) is 23.3 Å². The fraction of sp³-hybridized carbons (Fsp3) is 0.154. The van der Waals surface area contributed by atoms with E-state index < -0.39 is 5.97 Å². The van der Waals surface area contributed by atoms with Crippen molar-refractivity contribution in [3.63, 3.8) is 0 Å². The molecule has 3 aromatic carbocycles. The quantitative estimate of drug-likeness (QED) is 0.258. The van der Waals surface area contributed by atoms with Gasteiger partial charge >= 0.3 is 5.97 Å². The van der Waals surface area contributed by atoms with Crippen molar-refractivity contribution in [2.24, 2.45) is 5.16 Å². The molecular weight excluding hydrogens is 422 g/mol. The van der Waals surface area contributed by atoms with E-state index in [9.17, 15) is 4.79 Å². The summed E-state index contributed by atoms with van der Waals surface area (Å²) in [6.07, 6.45) is 2.54. The predicted molar refractivity (Wildman–Crippen MR) is 126 cm³/mol. The highest BCUT2D eigenvalue weighted by Crippen LogP contribution is 2.26. The summed E-state index contributed by atoms with van der Waals surface area (Å²) in [5, 5.41) is 12.8. The Morgan fingerprint density at radius 2 is 1.67 bits per heavy atom. The van der Waals surface area contributed by atoms with E-state index in [-0.39, 0.29) is 6.61 Å². The number of carboxylic acids is 1. The number of ether oxygens (including phenoxy) is 3. The smallest absolute Gasteiger partial charge is 0.328 e. The van der Waals surface area contributed by atoms with Crippen molar-refractivity contribution in [3.8, 4) is 17.2 Å². The second-order valence-corrected chi connectivity index (χ2v) is 6.88. The van der Waals surface area contributed by atoms with Crippen LogP contribution in [0.4, 0.5) is 0 Å². The van der Waals surface area contributed by atoms with Crippen molar-refractivity contribution in [1.29, 1.82) is 0 Å². The Hall–Kier alpha value is -4.26. The SMILES string of the molecule is CON=C(COc1ccc(COc2ccc(/C=C\C(=O)O)c(OC)c2)cc1)c1ccccc1. The van der Waals surface area contributed by atoms with Crippen molar-refractivity contribution in [3.05, 3.63) is 95.6 Å². The molecule has 0 aromatic heterocycles. The minimum Gasteiger partial charge on any atom is -0.496 e. The molecule has 0 amide bonds. The number of hydrogen-bond donors (Lipinski definition) is 1. The van der Waals surface area contributed by atoms with Gasteiger partial charge in [-0.05, 0) is 35.9 Å². The lowest BCUT2D eigenvalue weighted by atomic mass is 10.1. The summed E-state index contributed by atoms with van der Waals surface area (Å²) in [5.41, 5.74) is 3.25. The molecule has 0 radical (unpaired) electrons. The van der Waals surface area contributed by atoms with Crippen molar-refractivity contribution >= 4 is 17.8 Å². The maximum absolute atomic E-state index is 10.7. The molecule has 0 bridgehead atoms. The third-order valence-corrected chi connectivity index (χ3v) is 4.62. The van der Waals surface area contributed by atoms with Gasteiger partial charge in [0.1, 0.15) is 43.3 Å². The molecule has 0 aliphatic carbocycles. The van der Waals surface area contributed by atoms with Crippen molar-refractivity contribution < 1.29 is 28.9 Å². The lowest BCUT2D eigenvalue weighted by Crippen LogP contribution is -2.13. The first-order valence-corrected chi connectivity index (χ1v) is 10.2. The number of methoxy groups -OCH3 is 1. The van der Waals surface area contributed by atoms with E-state index in [1.165, 1.54) is 20.3 Å². The molecule has 0 aliphatic rings. The molecule has 0 fully saturated rings. The zero-order valence-corrected chi connectivity index (χ0v) is 18.4. The minimum absolute atomic E-state index is 0.274. The summed E-state index contributed by atoms with van der Waals surface area (Å²) in [5.74, 6) is 0.824. The van der Waals surface area contributed by atoms with Gasteiger partial charge in [-0.15, -0.1) is 0 Å². The maximum atomic E-state index is 10.7. The van der Waals surface area contributed by atoms with Crippen molar-refractivity contribution in [2.75, 3.05) is 20.8 Å². The second-order valence-electron chi connectivity index (χ2n) is 6.88. The molecule has 33 heavy (non-hydrogen) atoms. The molecule has 0 aliphatic heterocycles. The second kappa shape index (κ2) is 12.0. The monoisotopic (exact) mass is 447 g/mol. The van der Waals surface area contributed by atoms with Crippen LogP contribution in [0.25, 0.3) is 6.08 Å². The first-order valence-electron chi connectivity index (χ1n) is 10.2. The third-order valence-electron chi connectivity index (χ3n) is 4.62. The van der Waals surface area contributed by atoms with Gasteiger partial charge in [-0.2, -0.15) is 0 Å². The fourth-order valence-corrected chi connectivity index (χ4v) is 2.98. The van der Waals surface area contributed by atoms with Crippen LogP contribution >= 0.6 is 0 Å². The zero-order chi connectivity index (χ0) is 23.5. The highest BCUT2D eigenvalue weighted by Gasteiger charge is 2.07. The number of hydrogen-bond acceptors (Lipinski definition) is 6. The molecule has 0 heterocycles. The van der Waals surface area contributed by atoms with Gasteiger partial charge in [0.15, 0.2) is 0 Å². The van der Waals surface area contributed by atoms with Crippen LogP contribution in [0, 0.1) is 0 Å². The van der Waals surface area contributed by atoms with Gasteiger partial charge in [0.2, 0.25) is 0 Å². The van der Waals surface area contributed by atoms with Crippen LogP contribution in [-0.2, 0) is 16.2 Å². The number of benzene rings is 3. The number of carbonyl (C=O) groups is 1. The molecule has 7 nitrogen and oxygen atoms in total. The number of aliphatic carboxylic acids is 1. The molecule has 170 valence electrons. The molecule has 0 unspecified atom stereocenters.